The van der Waals surface area contributed by atoms with Crippen LogP contribution in [-0.2, 0) is 9.53 Å². The summed E-state index contributed by atoms with van der Waals surface area (Å²) in [7, 11) is 1.53. The molecule has 4 bridgehead atoms. The molecule has 1 N–H and O–H groups in total. The summed E-state index contributed by atoms with van der Waals surface area (Å²) >= 11 is 0. The normalized spacial score (nSPS) is 47.2. The van der Waals surface area contributed by atoms with Gasteiger partial charge in [-0.1, -0.05) is 6.92 Å². The SMILES string of the molecule is CCNC1(C(=O)OC)C2CC3CC(C2)CC1C3. The molecule has 0 heterocycles. The molecule has 0 unspecified atom stereocenters. The molecule has 4 aliphatic rings. The molecule has 0 spiro atoms. The Labute approximate surface area is 103 Å². The van der Waals surface area contributed by atoms with Gasteiger partial charge in [-0.05, 0) is 62.3 Å². The molecule has 0 aliphatic heterocycles. The van der Waals surface area contributed by atoms with Crippen LogP contribution >= 0.6 is 0 Å². The van der Waals surface area contributed by atoms with Crippen molar-refractivity contribution in [3.8, 4) is 0 Å². The molecule has 4 aliphatic carbocycles. The fourth-order valence-corrected chi connectivity index (χ4v) is 5.08. The van der Waals surface area contributed by atoms with Gasteiger partial charge in [-0.15, -0.1) is 0 Å². The third-order valence-corrected chi connectivity index (χ3v) is 5.42. The minimum absolute atomic E-state index is 0.00634. The summed E-state index contributed by atoms with van der Waals surface area (Å²) in [6.45, 7) is 2.95. The van der Waals surface area contributed by atoms with Crippen molar-refractivity contribution in [2.24, 2.45) is 23.7 Å². The van der Waals surface area contributed by atoms with Crippen molar-refractivity contribution >= 4 is 5.97 Å². The molecule has 3 heteroatoms. The first-order valence-electron chi connectivity index (χ1n) is 7.04. The van der Waals surface area contributed by atoms with Gasteiger partial charge in [-0.3, -0.25) is 4.79 Å². The van der Waals surface area contributed by atoms with E-state index in [9.17, 15) is 4.79 Å². The van der Waals surface area contributed by atoms with Crippen LogP contribution in [0, 0.1) is 23.7 Å². The van der Waals surface area contributed by atoms with Crippen LogP contribution in [0.2, 0.25) is 0 Å². The van der Waals surface area contributed by atoms with Crippen molar-refractivity contribution in [2.45, 2.75) is 44.6 Å². The molecule has 0 aromatic carbocycles. The van der Waals surface area contributed by atoms with Crippen LogP contribution in [0.15, 0.2) is 0 Å². The molecule has 4 saturated carbocycles. The lowest BCUT2D eigenvalue weighted by atomic mass is 9.48. The Kier molecular flexibility index (Phi) is 2.69. The highest BCUT2D eigenvalue weighted by molar-refractivity contribution is 5.82. The number of likely N-dealkylation sites (N-methyl/N-ethyl adjacent to an activating group) is 1. The Bertz CT molecular complexity index is 298. The number of esters is 1. The van der Waals surface area contributed by atoms with E-state index in [4.69, 9.17) is 4.74 Å². The van der Waals surface area contributed by atoms with E-state index in [0.717, 1.165) is 18.4 Å². The van der Waals surface area contributed by atoms with Gasteiger partial charge in [0.1, 0.15) is 5.54 Å². The quantitative estimate of drug-likeness (QED) is 0.763. The van der Waals surface area contributed by atoms with E-state index in [0.29, 0.717) is 11.8 Å². The van der Waals surface area contributed by atoms with Crippen molar-refractivity contribution in [1.29, 1.82) is 0 Å². The highest BCUT2D eigenvalue weighted by atomic mass is 16.5. The first-order valence-corrected chi connectivity index (χ1v) is 7.04. The molecule has 17 heavy (non-hydrogen) atoms. The van der Waals surface area contributed by atoms with Crippen LogP contribution in [0.25, 0.3) is 0 Å². The lowest BCUT2D eigenvalue weighted by Crippen LogP contribution is -2.69. The molecule has 96 valence electrons. The van der Waals surface area contributed by atoms with Crippen molar-refractivity contribution in [1.82, 2.24) is 5.32 Å². The van der Waals surface area contributed by atoms with Gasteiger partial charge in [-0.25, -0.2) is 0 Å². The molecule has 0 atom stereocenters. The van der Waals surface area contributed by atoms with Crippen LogP contribution in [0.1, 0.15) is 39.0 Å². The van der Waals surface area contributed by atoms with Gasteiger partial charge >= 0.3 is 5.97 Å². The fraction of sp³-hybridized carbons (Fsp3) is 0.929. The first kappa shape index (κ1) is 11.5. The molecular weight excluding hydrogens is 214 g/mol. The Balaban J connectivity index is 1.95. The molecule has 4 fully saturated rings. The summed E-state index contributed by atoms with van der Waals surface area (Å²) in [5.41, 5.74) is -0.350. The van der Waals surface area contributed by atoms with E-state index >= 15 is 0 Å². The van der Waals surface area contributed by atoms with Crippen LogP contribution in [-0.4, -0.2) is 25.2 Å². The van der Waals surface area contributed by atoms with E-state index in [1.165, 1.54) is 39.2 Å². The number of methoxy groups -OCH3 is 1. The number of carbonyl (C=O) groups excluding carboxylic acids is 1. The summed E-state index contributed by atoms with van der Waals surface area (Å²) in [6.07, 6.45) is 6.34. The second kappa shape index (κ2) is 3.98. The van der Waals surface area contributed by atoms with Gasteiger partial charge in [-0.2, -0.15) is 0 Å². The molecule has 0 radical (unpaired) electrons. The van der Waals surface area contributed by atoms with E-state index in [1.54, 1.807) is 0 Å². The second-order valence-corrected chi connectivity index (χ2v) is 6.20. The highest BCUT2D eigenvalue weighted by Gasteiger charge is 2.61. The molecule has 0 aromatic heterocycles. The van der Waals surface area contributed by atoms with Gasteiger partial charge in [0.15, 0.2) is 0 Å². The van der Waals surface area contributed by atoms with Gasteiger partial charge in [0, 0.05) is 0 Å². The van der Waals surface area contributed by atoms with Crippen LogP contribution in [0.3, 0.4) is 0 Å². The number of nitrogens with one attached hydrogen (secondary N) is 1. The number of carbonyl (C=O) groups is 1. The van der Waals surface area contributed by atoms with Crippen molar-refractivity contribution < 1.29 is 9.53 Å². The first-order chi connectivity index (χ1) is 8.20. The van der Waals surface area contributed by atoms with E-state index in [2.05, 4.69) is 12.2 Å². The Morgan fingerprint density at radius 3 is 2.12 bits per heavy atom. The predicted octanol–water partition coefficient (Wildman–Crippen LogP) is 1.96. The topological polar surface area (TPSA) is 38.3 Å². The van der Waals surface area contributed by atoms with Crippen LogP contribution in [0.5, 0.6) is 0 Å². The van der Waals surface area contributed by atoms with E-state index < -0.39 is 0 Å². The maximum atomic E-state index is 12.3. The maximum Gasteiger partial charge on any atom is 0.326 e. The molecule has 0 amide bonds. The minimum Gasteiger partial charge on any atom is -0.468 e. The molecule has 3 nitrogen and oxygen atoms in total. The number of ether oxygens (including phenoxy) is 1. The molecule has 0 saturated heterocycles. The lowest BCUT2D eigenvalue weighted by molar-refractivity contribution is -0.168. The third kappa shape index (κ3) is 1.48. The Morgan fingerprint density at radius 2 is 1.71 bits per heavy atom. The highest BCUT2D eigenvalue weighted by Crippen LogP contribution is 2.58. The predicted molar refractivity (Wildman–Crippen MR) is 65.5 cm³/mol. The van der Waals surface area contributed by atoms with Crippen molar-refractivity contribution in [3.63, 3.8) is 0 Å². The van der Waals surface area contributed by atoms with Crippen molar-refractivity contribution in [3.05, 3.63) is 0 Å². The van der Waals surface area contributed by atoms with Gasteiger partial charge in [0.05, 0.1) is 7.11 Å². The third-order valence-electron chi connectivity index (χ3n) is 5.42. The largest absolute Gasteiger partial charge is 0.468 e. The Hall–Kier alpha value is -0.570. The zero-order chi connectivity index (χ0) is 12.0. The summed E-state index contributed by atoms with van der Waals surface area (Å²) in [5.74, 6) is 2.80. The number of hydrogen-bond acceptors (Lipinski definition) is 3. The minimum atomic E-state index is -0.350. The smallest absolute Gasteiger partial charge is 0.326 e. The summed E-state index contributed by atoms with van der Waals surface area (Å²) < 4.78 is 5.13. The number of hydrogen-bond donors (Lipinski definition) is 1. The van der Waals surface area contributed by atoms with Crippen molar-refractivity contribution in [2.75, 3.05) is 13.7 Å². The van der Waals surface area contributed by atoms with Crippen LogP contribution < -0.4 is 5.32 Å². The lowest BCUT2D eigenvalue weighted by Gasteiger charge is -2.59. The average molecular weight is 237 g/mol. The van der Waals surface area contributed by atoms with Crippen LogP contribution in [0.4, 0.5) is 0 Å². The van der Waals surface area contributed by atoms with Gasteiger partial charge in [0.2, 0.25) is 0 Å². The van der Waals surface area contributed by atoms with E-state index in [-0.39, 0.29) is 11.5 Å². The zero-order valence-electron chi connectivity index (χ0n) is 10.9. The fourth-order valence-electron chi connectivity index (χ4n) is 5.08. The average Bonchev–Trinajstić information content (AvgIpc) is 2.32. The van der Waals surface area contributed by atoms with Gasteiger partial charge < -0.3 is 10.1 Å². The summed E-state index contributed by atoms with van der Waals surface area (Å²) in [6, 6.07) is 0. The monoisotopic (exact) mass is 237 g/mol. The summed E-state index contributed by atoms with van der Waals surface area (Å²) in [5, 5.41) is 3.52. The van der Waals surface area contributed by atoms with E-state index in [1.807, 2.05) is 0 Å². The van der Waals surface area contributed by atoms with Gasteiger partial charge in [0.25, 0.3) is 0 Å². The molecule has 4 rings (SSSR count). The molecular formula is C14H23NO2. The summed E-state index contributed by atoms with van der Waals surface area (Å²) in [4.78, 5) is 12.3. The number of rotatable bonds is 3. The Morgan fingerprint density at radius 1 is 1.18 bits per heavy atom. The molecule has 0 aromatic rings. The zero-order valence-corrected chi connectivity index (χ0v) is 10.9. The maximum absolute atomic E-state index is 12.3. The standard InChI is InChI=1S/C14H23NO2/c1-3-15-14(13(16)17-2)11-5-9-4-10(7-11)8-12(14)6-9/h9-12,15H,3-8H2,1-2H3. The second-order valence-electron chi connectivity index (χ2n) is 6.20.